The van der Waals surface area contributed by atoms with Crippen LogP contribution in [0.1, 0.15) is 12.0 Å². The van der Waals surface area contributed by atoms with E-state index < -0.39 is 6.29 Å². The zero-order valence-electron chi connectivity index (χ0n) is 15.9. The van der Waals surface area contributed by atoms with Gasteiger partial charge >= 0.3 is 0 Å². The molecule has 2 aromatic carbocycles. The zero-order chi connectivity index (χ0) is 20.4. The Hall–Kier alpha value is -2.52. The van der Waals surface area contributed by atoms with E-state index in [1.165, 1.54) is 0 Å². The van der Waals surface area contributed by atoms with Crippen molar-refractivity contribution in [1.29, 1.82) is 0 Å². The van der Waals surface area contributed by atoms with Gasteiger partial charge in [0.2, 0.25) is 0 Å². The lowest BCUT2D eigenvalue weighted by molar-refractivity contribution is -0.0423. The minimum Gasteiger partial charge on any atom is -0.399 e. The second kappa shape index (κ2) is 11.4. The SMILES string of the molecule is Nc1ccc(NCCC(O)O)c(CNc2ccc(N(CCO)CCO)cc2)c1. The Bertz CT molecular complexity index is 704. The molecule has 0 unspecified atom stereocenters. The normalized spacial score (nSPS) is 10.9. The average Bonchev–Trinajstić information content (AvgIpc) is 2.68. The monoisotopic (exact) mass is 390 g/mol. The molecule has 0 amide bonds. The first-order chi connectivity index (χ1) is 13.5. The lowest BCUT2D eigenvalue weighted by Gasteiger charge is -2.23. The van der Waals surface area contributed by atoms with E-state index in [1.54, 1.807) is 6.07 Å². The number of nitrogens with one attached hydrogen (secondary N) is 2. The zero-order valence-corrected chi connectivity index (χ0v) is 15.9. The Kier molecular flexibility index (Phi) is 8.83. The molecular weight excluding hydrogens is 360 g/mol. The van der Waals surface area contributed by atoms with Crippen LogP contribution >= 0.6 is 0 Å². The van der Waals surface area contributed by atoms with Crippen molar-refractivity contribution >= 4 is 22.7 Å². The minimum atomic E-state index is -1.34. The third-order valence-electron chi connectivity index (χ3n) is 4.30. The predicted molar refractivity (Wildman–Crippen MR) is 112 cm³/mol. The van der Waals surface area contributed by atoms with E-state index in [9.17, 15) is 0 Å². The highest BCUT2D eigenvalue weighted by molar-refractivity contribution is 5.60. The molecule has 0 bridgehead atoms. The summed E-state index contributed by atoms with van der Waals surface area (Å²) in [6.07, 6.45) is -1.10. The fourth-order valence-corrected chi connectivity index (χ4v) is 2.87. The van der Waals surface area contributed by atoms with Crippen molar-refractivity contribution in [3.05, 3.63) is 48.0 Å². The largest absolute Gasteiger partial charge is 0.399 e. The highest BCUT2D eigenvalue weighted by Crippen LogP contribution is 2.22. The van der Waals surface area contributed by atoms with E-state index in [2.05, 4.69) is 10.6 Å². The summed E-state index contributed by atoms with van der Waals surface area (Å²) in [5, 5.41) is 42.8. The number of rotatable bonds is 12. The van der Waals surface area contributed by atoms with Crippen LogP contribution in [-0.4, -0.2) is 59.6 Å². The summed E-state index contributed by atoms with van der Waals surface area (Å²) in [6.45, 7) is 1.97. The Labute approximate surface area is 165 Å². The van der Waals surface area contributed by atoms with Gasteiger partial charge in [0.1, 0.15) is 0 Å². The van der Waals surface area contributed by atoms with Gasteiger partial charge in [-0.15, -0.1) is 0 Å². The van der Waals surface area contributed by atoms with Gasteiger partial charge in [-0.25, -0.2) is 0 Å². The van der Waals surface area contributed by atoms with Gasteiger partial charge in [-0.3, -0.25) is 0 Å². The fraction of sp³-hybridized carbons (Fsp3) is 0.400. The molecule has 0 atom stereocenters. The van der Waals surface area contributed by atoms with Crippen LogP contribution in [-0.2, 0) is 6.54 Å². The molecule has 0 radical (unpaired) electrons. The van der Waals surface area contributed by atoms with E-state index in [-0.39, 0.29) is 19.6 Å². The molecule has 0 aliphatic rings. The second-order valence-corrected chi connectivity index (χ2v) is 6.45. The lowest BCUT2D eigenvalue weighted by Crippen LogP contribution is -2.29. The van der Waals surface area contributed by atoms with Gasteiger partial charge in [-0.2, -0.15) is 0 Å². The molecule has 0 aromatic heterocycles. The number of anilines is 4. The van der Waals surface area contributed by atoms with Crippen molar-refractivity contribution in [2.45, 2.75) is 19.3 Å². The summed E-state index contributed by atoms with van der Waals surface area (Å²) in [5.74, 6) is 0. The first-order valence-electron chi connectivity index (χ1n) is 9.32. The first-order valence-corrected chi connectivity index (χ1v) is 9.32. The quantitative estimate of drug-likeness (QED) is 0.209. The van der Waals surface area contributed by atoms with Crippen LogP contribution < -0.4 is 21.3 Å². The van der Waals surface area contributed by atoms with Crippen molar-refractivity contribution < 1.29 is 20.4 Å². The smallest absolute Gasteiger partial charge is 0.153 e. The van der Waals surface area contributed by atoms with Crippen molar-refractivity contribution in [3.8, 4) is 0 Å². The van der Waals surface area contributed by atoms with Gasteiger partial charge in [0.25, 0.3) is 0 Å². The highest BCUT2D eigenvalue weighted by atomic mass is 16.5. The van der Waals surface area contributed by atoms with Crippen LogP contribution in [0.25, 0.3) is 0 Å². The summed E-state index contributed by atoms with van der Waals surface area (Å²) in [4.78, 5) is 1.92. The molecule has 0 aliphatic heterocycles. The Morgan fingerprint density at radius 3 is 2.21 bits per heavy atom. The number of aliphatic hydroxyl groups excluding tert-OH is 3. The minimum absolute atomic E-state index is 0.0263. The molecular formula is C20H30N4O4. The molecule has 0 saturated carbocycles. The fourth-order valence-electron chi connectivity index (χ4n) is 2.87. The summed E-state index contributed by atoms with van der Waals surface area (Å²) in [5.41, 5.74) is 10.3. The van der Waals surface area contributed by atoms with E-state index in [0.29, 0.717) is 31.9 Å². The molecule has 0 heterocycles. The maximum atomic E-state index is 9.15. The molecule has 0 aliphatic carbocycles. The first kappa shape index (κ1) is 21.8. The maximum absolute atomic E-state index is 9.15. The number of nitrogens with zero attached hydrogens (tertiary/aromatic N) is 1. The van der Waals surface area contributed by atoms with E-state index in [0.717, 1.165) is 22.6 Å². The van der Waals surface area contributed by atoms with Crippen LogP contribution in [0.3, 0.4) is 0 Å². The highest BCUT2D eigenvalue weighted by Gasteiger charge is 2.07. The number of hydrogen-bond acceptors (Lipinski definition) is 8. The van der Waals surface area contributed by atoms with E-state index >= 15 is 0 Å². The van der Waals surface area contributed by atoms with E-state index in [1.807, 2.05) is 41.3 Å². The van der Waals surface area contributed by atoms with Crippen LogP contribution in [0.5, 0.6) is 0 Å². The molecule has 8 nitrogen and oxygen atoms in total. The Morgan fingerprint density at radius 2 is 1.61 bits per heavy atom. The average molecular weight is 390 g/mol. The van der Waals surface area contributed by atoms with Gasteiger partial charge in [0.15, 0.2) is 6.29 Å². The summed E-state index contributed by atoms with van der Waals surface area (Å²) in [7, 11) is 0. The van der Waals surface area contributed by atoms with Crippen LogP contribution in [0, 0.1) is 0 Å². The number of hydrogen-bond donors (Lipinski definition) is 7. The van der Waals surface area contributed by atoms with Crippen LogP contribution in [0.4, 0.5) is 22.7 Å². The molecule has 2 rings (SSSR count). The molecule has 8 heteroatoms. The van der Waals surface area contributed by atoms with Crippen molar-refractivity contribution in [2.24, 2.45) is 0 Å². The standard InChI is InChI=1S/C20H30N4O4/c21-16-1-6-19(22-8-7-20(27)28)15(13-16)14-23-17-2-4-18(5-3-17)24(9-11-25)10-12-26/h1-6,13,20,22-23,25-28H,7-12,14,21H2. The number of benzene rings is 2. The Balaban J connectivity index is 2.00. The molecule has 2 aromatic rings. The molecule has 0 fully saturated rings. The third-order valence-corrected chi connectivity index (χ3v) is 4.30. The van der Waals surface area contributed by atoms with Crippen molar-refractivity contribution in [1.82, 2.24) is 0 Å². The number of aliphatic hydroxyl groups is 4. The van der Waals surface area contributed by atoms with Gasteiger partial charge < -0.3 is 41.7 Å². The molecule has 0 spiro atoms. The van der Waals surface area contributed by atoms with Crippen LogP contribution in [0.15, 0.2) is 42.5 Å². The summed E-state index contributed by atoms with van der Waals surface area (Å²) < 4.78 is 0. The van der Waals surface area contributed by atoms with Crippen molar-refractivity contribution in [3.63, 3.8) is 0 Å². The van der Waals surface area contributed by atoms with Gasteiger partial charge in [0, 0.05) is 55.3 Å². The van der Waals surface area contributed by atoms with Gasteiger partial charge in [0.05, 0.1) is 13.2 Å². The molecule has 0 saturated heterocycles. The van der Waals surface area contributed by atoms with E-state index in [4.69, 9.17) is 26.2 Å². The third kappa shape index (κ3) is 6.90. The lowest BCUT2D eigenvalue weighted by atomic mass is 10.1. The molecule has 8 N–H and O–H groups in total. The summed E-state index contributed by atoms with van der Waals surface area (Å²) in [6, 6.07) is 13.3. The van der Waals surface area contributed by atoms with Crippen molar-refractivity contribution in [2.75, 3.05) is 54.1 Å². The summed E-state index contributed by atoms with van der Waals surface area (Å²) >= 11 is 0. The maximum Gasteiger partial charge on any atom is 0.153 e. The topological polar surface area (TPSA) is 134 Å². The van der Waals surface area contributed by atoms with Crippen LogP contribution in [0.2, 0.25) is 0 Å². The number of nitrogens with two attached hydrogens (primary N) is 1. The predicted octanol–water partition coefficient (Wildman–Crippen LogP) is 0.785. The van der Waals surface area contributed by atoms with Gasteiger partial charge in [-0.05, 0) is 48.0 Å². The second-order valence-electron chi connectivity index (χ2n) is 6.45. The molecule has 28 heavy (non-hydrogen) atoms. The van der Waals surface area contributed by atoms with Gasteiger partial charge in [-0.1, -0.05) is 0 Å². The number of nitrogen functional groups attached to an aromatic ring is 1. The Morgan fingerprint density at radius 1 is 0.929 bits per heavy atom. The molecule has 154 valence electrons.